The van der Waals surface area contributed by atoms with E-state index < -0.39 is 6.04 Å². The molecule has 0 heterocycles. The van der Waals surface area contributed by atoms with Crippen LogP contribution in [0.25, 0.3) is 0 Å². The van der Waals surface area contributed by atoms with Crippen LogP contribution in [-0.4, -0.2) is 49.1 Å². The zero-order valence-electron chi connectivity index (χ0n) is 22.8. The molecule has 0 spiro atoms. The van der Waals surface area contributed by atoms with Crippen molar-refractivity contribution >= 4 is 11.8 Å². The summed E-state index contributed by atoms with van der Waals surface area (Å²) >= 11 is 0. The number of nitrogens with one attached hydrogen (secondary N) is 1. The predicted octanol–water partition coefficient (Wildman–Crippen LogP) is 5.29. The molecule has 2 aromatic carbocycles. The fraction of sp³-hybridized carbons (Fsp3) is 0.533. The molecule has 2 aromatic rings. The van der Waals surface area contributed by atoms with E-state index >= 15 is 0 Å². The lowest BCUT2D eigenvalue weighted by Gasteiger charge is -2.31. The first kappa shape index (κ1) is 28.4. The van der Waals surface area contributed by atoms with Crippen LogP contribution in [0.2, 0.25) is 0 Å². The highest BCUT2D eigenvalue weighted by molar-refractivity contribution is 5.88. The smallest absolute Gasteiger partial charge is 0.243 e. The van der Waals surface area contributed by atoms with Gasteiger partial charge >= 0.3 is 0 Å². The lowest BCUT2D eigenvalue weighted by Crippen LogP contribution is -2.51. The van der Waals surface area contributed by atoms with Crippen molar-refractivity contribution in [3.63, 3.8) is 0 Å². The third-order valence-corrected chi connectivity index (χ3v) is 6.81. The van der Waals surface area contributed by atoms with E-state index in [2.05, 4.69) is 5.32 Å². The molecule has 7 nitrogen and oxygen atoms in total. The molecular formula is C30H42N2O5. The number of benzene rings is 2. The lowest BCUT2D eigenvalue weighted by molar-refractivity contribution is -0.141. The molecule has 1 unspecified atom stereocenters. The third kappa shape index (κ3) is 8.14. The number of nitrogens with zero attached hydrogens (tertiary/aromatic N) is 1. The van der Waals surface area contributed by atoms with Gasteiger partial charge in [-0.05, 0) is 74.9 Å². The number of aryl methyl sites for hydroxylation is 1. The van der Waals surface area contributed by atoms with Gasteiger partial charge in [0.2, 0.25) is 11.8 Å². The molecule has 1 aliphatic rings. The van der Waals surface area contributed by atoms with Crippen molar-refractivity contribution in [2.45, 2.75) is 84.3 Å². The topological polar surface area (TPSA) is 77.1 Å². The van der Waals surface area contributed by atoms with Crippen LogP contribution < -0.4 is 19.5 Å². The van der Waals surface area contributed by atoms with Crippen LogP contribution in [0.15, 0.2) is 42.5 Å². The van der Waals surface area contributed by atoms with E-state index in [4.69, 9.17) is 14.2 Å². The summed E-state index contributed by atoms with van der Waals surface area (Å²) < 4.78 is 16.8. The average molecular weight is 511 g/mol. The molecule has 0 bridgehead atoms. The van der Waals surface area contributed by atoms with E-state index in [1.807, 2.05) is 63.2 Å². The number of hydrogen-bond donors (Lipinski definition) is 1. The number of carbonyl (C=O) groups is 2. The first-order valence-corrected chi connectivity index (χ1v) is 13.6. The zero-order valence-corrected chi connectivity index (χ0v) is 22.8. The highest BCUT2D eigenvalue weighted by Crippen LogP contribution is 2.29. The SMILES string of the molecule is CCOc1ccc(CCC(=O)N(Cc2cccc(OC)c2)C(CC)C(=O)NC2CCCC2)cc1OCC. The number of hydrogen-bond acceptors (Lipinski definition) is 5. The van der Waals surface area contributed by atoms with Crippen LogP contribution in [0.5, 0.6) is 17.2 Å². The Balaban J connectivity index is 1.78. The highest BCUT2D eigenvalue weighted by Gasteiger charge is 2.30. The second-order valence-electron chi connectivity index (χ2n) is 9.43. The normalized spacial score (nSPS) is 14.2. The molecular weight excluding hydrogens is 468 g/mol. The molecule has 0 aromatic heterocycles. The van der Waals surface area contributed by atoms with Crippen LogP contribution in [0.3, 0.4) is 0 Å². The van der Waals surface area contributed by atoms with Crippen molar-refractivity contribution in [3.05, 3.63) is 53.6 Å². The molecule has 202 valence electrons. The van der Waals surface area contributed by atoms with Crippen molar-refractivity contribution in [2.75, 3.05) is 20.3 Å². The number of rotatable bonds is 14. The number of ether oxygens (including phenoxy) is 3. The summed E-state index contributed by atoms with van der Waals surface area (Å²) in [6.07, 6.45) is 5.67. The summed E-state index contributed by atoms with van der Waals surface area (Å²) in [6.45, 7) is 7.27. The van der Waals surface area contributed by atoms with Crippen LogP contribution in [0.4, 0.5) is 0 Å². The van der Waals surface area contributed by atoms with Crippen molar-refractivity contribution in [2.24, 2.45) is 0 Å². The van der Waals surface area contributed by atoms with Crippen molar-refractivity contribution in [1.82, 2.24) is 10.2 Å². The van der Waals surface area contributed by atoms with Crippen LogP contribution in [-0.2, 0) is 22.6 Å². The standard InChI is InChI=1S/C30H42N2O5/c1-5-26(30(34)31-24-12-8-9-13-24)32(21-23-11-10-14-25(19-23)35-4)29(33)18-16-22-15-17-27(36-6-2)28(20-22)37-7-3/h10-11,14-15,17,19-20,24,26H,5-9,12-13,16,18,21H2,1-4H3,(H,31,34). The van der Waals surface area contributed by atoms with Crippen LogP contribution in [0.1, 0.15) is 70.4 Å². The average Bonchev–Trinajstić information content (AvgIpc) is 3.42. The van der Waals surface area contributed by atoms with E-state index in [9.17, 15) is 9.59 Å². The van der Waals surface area contributed by atoms with Crippen molar-refractivity contribution in [3.8, 4) is 17.2 Å². The number of methoxy groups -OCH3 is 1. The van der Waals surface area contributed by atoms with Crippen molar-refractivity contribution in [1.29, 1.82) is 0 Å². The first-order chi connectivity index (χ1) is 18.0. The quantitative estimate of drug-likeness (QED) is 0.374. The van der Waals surface area contributed by atoms with E-state index in [0.717, 1.165) is 42.6 Å². The van der Waals surface area contributed by atoms with Gasteiger partial charge in [0.05, 0.1) is 20.3 Å². The minimum absolute atomic E-state index is 0.0527. The first-order valence-electron chi connectivity index (χ1n) is 13.6. The summed E-state index contributed by atoms with van der Waals surface area (Å²) in [6, 6.07) is 13.2. The molecule has 2 amide bonds. The fourth-order valence-corrected chi connectivity index (χ4v) is 4.90. The molecule has 1 N–H and O–H groups in total. The second-order valence-corrected chi connectivity index (χ2v) is 9.43. The molecule has 37 heavy (non-hydrogen) atoms. The lowest BCUT2D eigenvalue weighted by atomic mass is 10.0. The predicted molar refractivity (Wildman–Crippen MR) is 145 cm³/mol. The maximum atomic E-state index is 13.7. The van der Waals surface area contributed by atoms with Gasteiger partial charge in [0.25, 0.3) is 0 Å². The zero-order chi connectivity index (χ0) is 26.6. The van der Waals surface area contributed by atoms with Gasteiger partial charge in [0.15, 0.2) is 11.5 Å². The minimum Gasteiger partial charge on any atom is -0.497 e. The van der Waals surface area contributed by atoms with Gasteiger partial charge in [0.1, 0.15) is 11.8 Å². The molecule has 1 saturated carbocycles. The Labute approximate surface area is 221 Å². The van der Waals surface area contributed by atoms with Gasteiger partial charge in [-0.3, -0.25) is 9.59 Å². The van der Waals surface area contributed by atoms with Gasteiger partial charge in [-0.15, -0.1) is 0 Å². The van der Waals surface area contributed by atoms with Gasteiger partial charge in [-0.2, -0.15) is 0 Å². The number of amides is 2. The largest absolute Gasteiger partial charge is 0.497 e. The Kier molecular flexibility index (Phi) is 11.1. The maximum Gasteiger partial charge on any atom is 0.243 e. The maximum absolute atomic E-state index is 13.7. The Hall–Kier alpha value is -3.22. The molecule has 7 heteroatoms. The van der Waals surface area contributed by atoms with Crippen LogP contribution in [0, 0.1) is 0 Å². The summed E-state index contributed by atoms with van der Waals surface area (Å²) in [5, 5.41) is 3.20. The Morgan fingerprint density at radius 1 is 0.973 bits per heavy atom. The summed E-state index contributed by atoms with van der Waals surface area (Å²) in [5.74, 6) is 2.00. The molecule has 1 fully saturated rings. The van der Waals surface area contributed by atoms with Gasteiger partial charge < -0.3 is 24.4 Å². The molecule has 0 saturated heterocycles. The van der Waals surface area contributed by atoms with Gasteiger partial charge in [0, 0.05) is 19.0 Å². The second kappa shape index (κ2) is 14.5. The summed E-state index contributed by atoms with van der Waals surface area (Å²) in [5.41, 5.74) is 1.92. The van der Waals surface area contributed by atoms with Gasteiger partial charge in [-0.1, -0.05) is 38.0 Å². The molecule has 0 aliphatic heterocycles. The summed E-state index contributed by atoms with van der Waals surface area (Å²) in [4.78, 5) is 28.7. The summed E-state index contributed by atoms with van der Waals surface area (Å²) in [7, 11) is 1.62. The van der Waals surface area contributed by atoms with Crippen LogP contribution >= 0.6 is 0 Å². The monoisotopic (exact) mass is 510 g/mol. The van der Waals surface area contributed by atoms with Gasteiger partial charge in [-0.25, -0.2) is 0 Å². The van der Waals surface area contributed by atoms with E-state index in [1.165, 1.54) is 0 Å². The Morgan fingerprint density at radius 3 is 2.38 bits per heavy atom. The Bertz CT molecular complexity index is 1020. The molecule has 3 rings (SSSR count). The highest BCUT2D eigenvalue weighted by atomic mass is 16.5. The molecule has 1 aliphatic carbocycles. The van der Waals surface area contributed by atoms with E-state index in [-0.39, 0.29) is 24.3 Å². The molecule has 1 atom stereocenters. The van der Waals surface area contributed by atoms with E-state index in [0.29, 0.717) is 44.1 Å². The molecule has 0 radical (unpaired) electrons. The number of carbonyl (C=O) groups excluding carboxylic acids is 2. The third-order valence-electron chi connectivity index (χ3n) is 6.81. The van der Waals surface area contributed by atoms with Crippen molar-refractivity contribution < 1.29 is 23.8 Å². The van der Waals surface area contributed by atoms with E-state index in [1.54, 1.807) is 12.0 Å². The fourth-order valence-electron chi connectivity index (χ4n) is 4.90. The minimum atomic E-state index is -0.529. The Morgan fingerprint density at radius 2 is 1.70 bits per heavy atom.